The van der Waals surface area contributed by atoms with Crippen LogP contribution in [0, 0.1) is 0 Å². The predicted octanol–water partition coefficient (Wildman–Crippen LogP) is 5.00. The largest absolute Gasteiger partial charge is 0.319 e. The number of anilines is 1. The third-order valence-electron chi connectivity index (χ3n) is 5.50. The molecule has 2 aromatic carbocycles. The summed E-state index contributed by atoms with van der Waals surface area (Å²) < 4.78 is 0. The van der Waals surface area contributed by atoms with Crippen LogP contribution in [0.2, 0.25) is 0 Å². The van der Waals surface area contributed by atoms with Crippen molar-refractivity contribution in [2.24, 2.45) is 0 Å². The van der Waals surface area contributed by atoms with E-state index in [1.165, 1.54) is 0 Å². The SMILES string of the molecule is CN(C)Cc1cncc(-c2ccc3[nH]nc(C(=O)Nc4ccc(-c5ccccc5)nc4)c3c2)c1. The van der Waals surface area contributed by atoms with Crippen molar-refractivity contribution in [3.63, 3.8) is 0 Å². The molecule has 0 radical (unpaired) electrons. The van der Waals surface area contributed by atoms with E-state index >= 15 is 0 Å². The Hall–Kier alpha value is -4.36. The van der Waals surface area contributed by atoms with Gasteiger partial charge < -0.3 is 10.2 Å². The number of rotatable bonds is 6. The third kappa shape index (κ3) is 4.55. The average molecular weight is 449 g/mol. The van der Waals surface area contributed by atoms with Gasteiger partial charge in [0.15, 0.2) is 5.69 Å². The van der Waals surface area contributed by atoms with Crippen LogP contribution < -0.4 is 5.32 Å². The minimum atomic E-state index is -0.294. The molecule has 0 aliphatic heterocycles. The Morgan fingerprint density at radius 2 is 1.76 bits per heavy atom. The van der Waals surface area contributed by atoms with Crippen LogP contribution in [0.4, 0.5) is 5.69 Å². The van der Waals surface area contributed by atoms with Gasteiger partial charge in [-0.25, -0.2) is 0 Å². The molecular formula is C27H24N6O. The summed E-state index contributed by atoms with van der Waals surface area (Å²) in [5.41, 5.74) is 6.70. The summed E-state index contributed by atoms with van der Waals surface area (Å²) in [7, 11) is 4.06. The first-order chi connectivity index (χ1) is 16.6. The van der Waals surface area contributed by atoms with Crippen molar-refractivity contribution in [1.82, 2.24) is 25.1 Å². The number of aromatic nitrogens is 4. The molecule has 5 rings (SSSR count). The molecule has 3 heterocycles. The van der Waals surface area contributed by atoms with Gasteiger partial charge in [-0.1, -0.05) is 36.4 Å². The number of pyridine rings is 2. The summed E-state index contributed by atoms with van der Waals surface area (Å²) in [4.78, 5) is 24.0. The van der Waals surface area contributed by atoms with E-state index < -0.39 is 0 Å². The highest BCUT2D eigenvalue weighted by Crippen LogP contribution is 2.26. The Morgan fingerprint density at radius 3 is 2.53 bits per heavy atom. The van der Waals surface area contributed by atoms with Gasteiger partial charge in [-0.2, -0.15) is 5.10 Å². The molecule has 0 atom stereocenters. The Labute approximate surface area is 197 Å². The normalized spacial score (nSPS) is 11.1. The predicted molar refractivity (Wildman–Crippen MR) is 134 cm³/mol. The number of carbonyl (C=O) groups excluding carboxylic acids is 1. The van der Waals surface area contributed by atoms with E-state index in [1.54, 1.807) is 6.20 Å². The number of hydrogen-bond acceptors (Lipinski definition) is 5. The maximum atomic E-state index is 13.0. The molecule has 2 N–H and O–H groups in total. The maximum absolute atomic E-state index is 13.0. The molecule has 0 aliphatic carbocycles. The van der Waals surface area contributed by atoms with Gasteiger partial charge in [0.25, 0.3) is 5.91 Å². The number of amides is 1. The van der Waals surface area contributed by atoms with Gasteiger partial charge in [-0.15, -0.1) is 0 Å². The highest BCUT2D eigenvalue weighted by molar-refractivity contribution is 6.11. The molecule has 0 spiro atoms. The van der Waals surface area contributed by atoms with Gasteiger partial charge in [0.05, 0.1) is 23.1 Å². The van der Waals surface area contributed by atoms with Crippen LogP contribution >= 0.6 is 0 Å². The molecule has 0 fully saturated rings. The lowest BCUT2D eigenvalue weighted by atomic mass is 10.0. The van der Waals surface area contributed by atoms with Crippen LogP contribution in [-0.2, 0) is 6.54 Å². The van der Waals surface area contributed by atoms with Crippen LogP contribution in [-0.4, -0.2) is 45.1 Å². The zero-order chi connectivity index (χ0) is 23.5. The number of aromatic amines is 1. The second kappa shape index (κ2) is 9.25. The van der Waals surface area contributed by atoms with Crippen molar-refractivity contribution >= 4 is 22.5 Å². The molecule has 0 saturated carbocycles. The Bertz CT molecular complexity index is 1440. The lowest BCUT2D eigenvalue weighted by molar-refractivity contribution is 0.102. The summed E-state index contributed by atoms with van der Waals surface area (Å²) in [6.45, 7) is 0.805. The zero-order valence-corrected chi connectivity index (χ0v) is 19.0. The Balaban J connectivity index is 1.39. The van der Waals surface area contributed by atoms with Gasteiger partial charge in [0.1, 0.15) is 0 Å². The Kier molecular flexibility index (Phi) is 5.84. The molecule has 34 heavy (non-hydrogen) atoms. The second-order valence-electron chi connectivity index (χ2n) is 8.40. The zero-order valence-electron chi connectivity index (χ0n) is 19.0. The third-order valence-corrected chi connectivity index (χ3v) is 5.50. The van der Waals surface area contributed by atoms with E-state index in [4.69, 9.17) is 0 Å². The quantitative estimate of drug-likeness (QED) is 0.382. The van der Waals surface area contributed by atoms with Gasteiger partial charge >= 0.3 is 0 Å². The van der Waals surface area contributed by atoms with Crippen molar-refractivity contribution in [3.8, 4) is 22.4 Å². The highest BCUT2D eigenvalue weighted by atomic mass is 16.1. The maximum Gasteiger partial charge on any atom is 0.276 e. The van der Waals surface area contributed by atoms with E-state index in [9.17, 15) is 4.79 Å². The van der Waals surface area contributed by atoms with Crippen molar-refractivity contribution < 1.29 is 4.79 Å². The molecule has 5 aromatic rings. The van der Waals surface area contributed by atoms with E-state index in [2.05, 4.69) is 36.4 Å². The summed E-state index contributed by atoms with van der Waals surface area (Å²) in [5, 5.41) is 10.9. The van der Waals surface area contributed by atoms with E-state index in [1.807, 2.05) is 87.2 Å². The van der Waals surface area contributed by atoms with Crippen molar-refractivity contribution in [1.29, 1.82) is 0 Å². The van der Waals surface area contributed by atoms with Gasteiger partial charge in [0, 0.05) is 35.5 Å². The molecular weight excluding hydrogens is 424 g/mol. The molecule has 0 aliphatic rings. The van der Waals surface area contributed by atoms with E-state index in [0.717, 1.165) is 45.4 Å². The number of carbonyl (C=O) groups is 1. The fourth-order valence-electron chi connectivity index (χ4n) is 3.90. The van der Waals surface area contributed by atoms with Gasteiger partial charge in [-0.05, 0) is 55.6 Å². The standard InChI is InChI=1S/C27H24N6O/c1-33(2)17-18-12-21(15-28-14-18)20-8-10-25-23(13-20)26(32-31-25)27(34)30-22-9-11-24(29-16-22)19-6-4-3-5-7-19/h3-16H,17H2,1-2H3,(H,30,34)(H,31,32). The molecule has 0 bridgehead atoms. The highest BCUT2D eigenvalue weighted by Gasteiger charge is 2.16. The molecule has 168 valence electrons. The van der Waals surface area contributed by atoms with Crippen LogP contribution in [0.3, 0.4) is 0 Å². The lowest BCUT2D eigenvalue weighted by Gasteiger charge is -2.10. The number of nitrogens with one attached hydrogen (secondary N) is 2. The van der Waals surface area contributed by atoms with Crippen LogP contribution in [0.5, 0.6) is 0 Å². The first-order valence-corrected chi connectivity index (χ1v) is 11.0. The molecule has 7 heteroatoms. The molecule has 0 saturated heterocycles. The first kappa shape index (κ1) is 21.5. The van der Waals surface area contributed by atoms with E-state index in [0.29, 0.717) is 11.4 Å². The minimum Gasteiger partial charge on any atom is -0.319 e. The minimum absolute atomic E-state index is 0.294. The summed E-state index contributed by atoms with van der Waals surface area (Å²) >= 11 is 0. The second-order valence-corrected chi connectivity index (χ2v) is 8.40. The molecule has 7 nitrogen and oxygen atoms in total. The molecule has 0 unspecified atom stereocenters. The van der Waals surface area contributed by atoms with Crippen molar-refractivity contribution in [3.05, 3.63) is 96.6 Å². The lowest BCUT2D eigenvalue weighted by Crippen LogP contribution is -2.13. The van der Waals surface area contributed by atoms with Crippen LogP contribution in [0.1, 0.15) is 16.1 Å². The number of benzene rings is 2. The Morgan fingerprint density at radius 1 is 0.912 bits per heavy atom. The van der Waals surface area contributed by atoms with E-state index in [-0.39, 0.29) is 5.91 Å². The number of H-pyrrole nitrogens is 1. The van der Waals surface area contributed by atoms with Gasteiger partial charge in [-0.3, -0.25) is 19.9 Å². The summed E-state index contributed by atoms with van der Waals surface area (Å²) in [6, 6.07) is 21.7. The van der Waals surface area contributed by atoms with Crippen LogP contribution in [0.15, 0.2) is 85.3 Å². The fourth-order valence-corrected chi connectivity index (χ4v) is 3.90. The summed E-state index contributed by atoms with van der Waals surface area (Å²) in [6.07, 6.45) is 5.36. The summed E-state index contributed by atoms with van der Waals surface area (Å²) in [5.74, 6) is -0.294. The molecule has 3 aromatic heterocycles. The monoisotopic (exact) mass is 448 g/mol. The van der Waals surface area contributed by atoms with Crippen molar-refractivity contribution in [2.75, 3.05) is 19.4 Å². The average Bonchev–Trinajstić information content (AvgIpc) is 3.28. The smallest absolute Gasteiger partial charge is 0.276 e. The molecule has 1 amide bonds. The van der Waals surface area contributed by atoms with Crippen molar-refractivity contribution in [2.45, 2.75) is 6.54 Å². The number of nitrogens with zero attached hydrogens (tertiary/aromatic N) is 4. The number of fused-ring (bicyclic) bond motifs is 1. The first-order valence-electron chi connectivity index (χ1n) is 11.0. The number of hydrogen-bond donors (Lipinski definition) is 2. The topological polar surface area (TPSA) is 86.8 Å². The van der Waals surface area contributed by atoms with Gasteiger partial charge in [0.2, 0.25) is 0 Å². The fraction of sp³-hybridized carbons (Fsp3) is 0.111. The van der Waals surface area contributed by atoms with Crippen LogP contribution in [0.25, 0.3) is 33.3 Å².